The Hall–Kier alpha value is -2.40. The van der Waals surface area contributed by atoms with E-state index >= 15 is 0 Å². The van der Waals surface area contributed by atoms with Gasteiger partial charge < -0.3 is 4.74 Å². The molecule has 0 saturated heterocycles. The van der Waals surface area contributed by atoms with Gasteiger partial charge in [0.15, 0.2) is 0 Å². The van der Waals surface area contributed by atoms with Gasteiger partial charge in [0, 0.05) is 18.0 Å². The zero-order valence-corrected chi connectivity index (χ0v) is 14.7. The quantitative estimate of drug-likeness (QED) is 0.590. The molecule has 8 heteroatoms. The first-order valence-corrected chi connectivity index (χ1v) is 9.17. The van der Waals surface area contributed by atoms with Crippen LogP contribution in [0.4, 0.5) is 0 Å². The van der Waals surface area contributed by atoms with Crippen LogP contribution in [-0.2, 0) is 21.4 Å². The molecule has 130 valence electrons. The van der Waals surface area contributed by atoms with E-state index in [4.69, 9.17) is 21.6 Å². The van der Waals surface area contributed by atoms with E-state index in [-0.39, 0.29) is 30.0 Å². The van der Waals surface area contributed by atoms with Crippen LogP contribution in [0.25, 0.3) is 0 Å². The summed E-state index contributed by atoms with van der Waals surface area (Å²) in [6, 6.07) is 14.2. The first kappa shape index (κ1) is 18.9. The second-order valence-corrected chi connectivity index (χ2v) is 7.24. The summed E-state index contributed by atoms with van der Waals surface area (Å²) in [6.45, 7) is 0.0947. The largest absolute Gasteiger partial charge is 0.457 e. The van der Waals surface area contributed by atoms with Gasteiger partial charge in [-0.2, -0.15) is 5.26 Å². The molecule has 0 aliphatic carbocycles. The number of nitrogens with one attached hydrogen (secondary N) is 1. The van der Waals surface area contributed by atoms with Gasteiger partial charge in [-0.05, 0) is 42.0 Å². The Bertz CT molecular complexity index is 890. The summed E-state index contributed by atoms with van der Waals surface area (Å²) < 4.78 is 31.4. The first-order chi connectivity index (χ1) is 11.9. The first-order valence-electron chi connectivity index (χ1n) is 7.30. The average molecular weight is 379 g/mol. The van der Waals surface area contributed by atoms with E-state index in [0.29, 0.717) is 5.02 Å². The number of halogens is 1. The molecule has 1 N–H and O–H groups in total. The van der Waals surface area contributed by atoms with Crippen molar-refractivity contribution in [3.63, 3.8) is 0 Å². The molecule has 0 atom stereocenters. The van der Waals surface area contributed by atoms with Gasteiger partial charge in [-0.3, -0.25) is 0 Å². The Labute approximate surface area is 151 Å². The van der Waals surface area contributed by atoms with E-state index in [2.05, 4.69) is 4.72 Å². The second-order valence-electron chi connectivity index (χ2n) is 5.04. The van der Waals surface area contributed by atoms with Gasteiger partial charge in [0.25, 0.3) is 0 Å². The lowest BCUT2D eigenvalue weighted by molar-refractivity contribution is 0.0472. The molecule has 0 heterocycles. The fourth-order valence-electron chi connectivity index (χ4n) is 1.95. The van der Waals surface area contributed by atoms with Crippen LogP contribution in [0, 0.1) is 11.3 Å². The standard InChI is InChI=1S/C17H15ClN2O4S/c18-15-4-1-3-13(11-15)12-24-17(21)14-5-7-16(8-6-14)25(22,23)20-10-2-9-19/h1,3-8,11,20H,2,10,12H2. The number of benzene rings is 2. The van der Waals surface area contributed by atoms with E-state index in [1.807, 2.05) is 6.07 Å². The third kappa shape index (κ3) is 5.57. The van der Waals surface area contributed by atoms with Crippen molar-refractivity contribution in [1.29, 1.82) is 5.26 Å². The number of nitriles is 1. The van der Waals surface area contributed by atoms with Crippen LogP contribution in [0.2, 0.25) is 5.02 Å². The van der Waals surface area contributed by atoms with E-state index < -0.39 is 16.0 Å². The Morgan fingerprint density at radius 2 is 1.92 bits per heavy atom. The third-order valence-electron chi connectivity index (χ3n) is 3.19. The summed E-state index contributed by atoms with van der Waals surface area (Å²) in [7, 11) is -3.70. The monoisotopic (exact) mass is 378 g/mol. The minimum absolute atomic E-state index is 0.0110. The van der Waals surface area contributed by atoms with Gasteiger partial charge >= 0.3 is 5.97 Å². The Balaban J connectivity index is 1.99. The van der Waals surface area contributed by atoms with E-state index in [1.54, 1.807) is 24.3 Å². The summed E-state index contributed by atoms with van der Waals surface area (Å²) in [4.78, 5) is 12.0. The van der Waals surface area contributed by atoms with Gasteiger partial charge in [0.2, 0.25) is 10.0 Å². The minimum atomic E-state index is -3.70. The molecule has 0 radical (unpaired) electrons. The number of sulfonamides is 1. The SMILES string of the molecule is N#CCCNS(=O)(=O)c1ccc(C(=O)OCc2cccc(Cl)c2)cc1. The molecule has 6 nitrogen and oxygen atoms in total. The predicted molar refractivity (Wildman–Crippen MR) is 92.4 cm³/mol. The summed E-state index contributed by atoms with van der Waals surface area (Å²) in [6.07, 6.45) is 0.0765. The van der Waals surface area contributed by atoms with Gasteiger partial charge in [-0.1, -0.05) is 23.7 Å². The van der Waals surface area contributed by atoms with Crippen molar-refractivity contribution in [2.45, 2.75) is 17.9 Å². The molecular weight excluding hydrogens is 364 g/mol. The molecule has 0 aliphatic rings. The summed E-state index contributed by atoms with van der Waals surface area (Å²) in [5.41, 5.74) is 0.986. The Kier molecular flexibility index (Phi) is 6.53. The van der Waals surface area contributed by atoms with Crippen LogP contribution in [0.1, 0.15) is 22.3 Å². The lowest BCUT2D eigenvalue weighted by atomic mass is 10.2. The summed E-state index contributed by atoms with van der Waals surface area (Å²) >= 11 is 5.86. The number of hydrogen-bond acceptors (Lipinski definition) is 5. The Morgan fingerprint density at radius 1 is 1.20 bits per heavy atom. The van der Waals surface area contributed by atoms with Gasteiger partial charge in [0.05, 0.1) is 16.5 Å². The van der Waals surface area contributed by atoms with Crippen molar-refractivity contribution in [2.75, 3.05) is 6.54 Å². The van der Waals surface area contributed by atoms with Crippen LogP contribution < -0.4 is 4.72 Å². The predicted octanol–water partition coefficient (Wildman–Crippen LogP) is 2.89. The third-order valence-corrected chi connectivity index (χ3v) is 4.90. The smallest absolute Gasteiger partial charge is 0.338 e. The number of carbonyl (C=O) groups is 1. The normalized spacial score (nSPS) is 10.9. The highest BCUT2D eigenvalue weighted by atomic mass is 35.5. The van der Waals surface area contributed by atoms with Crippen LogP contribution in [-0.4, -0.2) is 20.9 Å². The minimum Gasteiger partial charge on any atom is -0.457 e. The molecule has 25 heavy (non-hydrogen) atoms. The van der Waals surface area contributed by atoms with Gasteiger partial charge in [0.1, 0.15) is 6.61 Å². The second kappa shape index (κ2) is 8.62. The highest BCUT2D eigenvalue weighted by Crippen LogP contribution is 2.14. The molecular formula is C17H15ClN2O4S. The molecule has 0 bridgehead atoms. The molecule has 0 fully saturated rings. The molecule has 2 aromatic carbocycles. The average Bonchev–Trinajstić information content (AvgIpc) is 2.60. The van der Waals surface area contributed by atoms with Crippen LogP contribution >= 0.6 is 11.6 Å². The highest BCUT2D eigenvalue weighted by molar-refractivity contribution is 7.89. The molecule has 0 saturated carbocycles. The maximum atomic E-state index is 12.0. The molecule has 0 spiro atoms. The van der Waals surface area contributed by atoms with Crippen molar-refractivity contribution >= 4 is 27.6 Å². The number of nitrogens with zero attached hydrogens (tertiary/aromatic N) is 1. The van der Waals surface area contributed by atoms with Crippen molar-refractivity contribution in [2.24, 2.45) is 0 Å². The maximum absolute atomic E-state index is 12.0. The zero-order chi connectivity index (χ0) is 18.3. The Morgan fingerprint density at radius 3 is 2.56 bits per heavy atom. The number of esters is 1. The highest BCUT2D eigenvalue weighted by Gasteiger charge is 2.15. The maximum Gasteiger partial charge on any atom is 0.338 e. The molecule has 0 unspecified atom stereocenters. The number of carbonyl (C=O) groups excluding carboxylic acids is 1. The number of hydrogen-bond donors (Lipinski definition) is 1. The van der Waals surface area contributed by atoms with Crippen LogP contribution in [0.15, 0.2) is 53.4 Å². The fourth-order valence-corrected chi connectivity index (χ4v) is 3.20. The topological polar surface area (TPSA) is 96.3 Å². The summed E-state index contributed by atoms with van der Waals surface area (Å²) in [5, 5.41) is 8.98. The lowest BCUT2D eigenvalue weighted by Gasteiger charge is -2.07. The van der Waals surface area contributed by atoms with E-state index in [0.717, 1.165) is 5.56 Å². The fraction of sp³-hybridized carbons (Fsp3) is 0.176. The molecule has 0 aromatic heterocycles. The summed E-state index contributed by atoms with van der Waals surface area (Å²) in [5.74, 6) is -0.568. The van der Waals surface area contributed by atoms with Gasteiger partial charge in [-0.25, -0.2) is 17.9 Å². The van der Waals surface area contributed by atoms with Crippen LogP contribution in [0.3, 0.4) is 0 Å². The van der Waals surface area contributed by atoms with Crippen molar-refractivity contribution in [1.82, 2.24) is 4.72 Å². The molecule has 2 aromatic rings. The van der Waals surface area contributed by atoms with Crippen LogP contribution in [0.5, 0.6) is 0 Å². The number of rotatable bonds is 7. The van der Waals surface area contributed by atoms with Gasteiger partial charge in [-0.15, -0.1) is 0 Å². The van der Waals surface area contributed by atoms with Crippen molar-refractivity contribution in [3.8, 4) is 6.07 Å². The van der Waals surface area contributed by atoms with Crippen molar-refractivity contribution < 1.29 is 17.9 Å². The zero-order valence-electron chi connectivity index (χ0n) is 13.1. The molecule has 2 rings (SSSR count). The number of ether oxygens (including phenoxy) is 1. The molecule has 0 amide bonds. The van der Waals surface area contributed by atoms with E-state index in [9.17, 15) is 13.2 Å². The van der Waals surface area contributed by atoms with E-state index in [1.165, 1.54) is 24.3 Å². The van der Waals surface area contributed by atoms with Crippen molar-refractivity contribution in [3.05, 3.63) is 64.7 Å². The lowest BCUT2D eigenvalue weighted by Crippen LogP contribution is -2.24. The molecule has 0 aliphatic heterocycles.